The van der Waals surface area contributed by atoms with E-state index in [2.05, 4.69) is 9.47 Å². The Kier molecular flexibility index (Phi) is 6.48. The fourth-order valence-corrected chi connectivity index (χ4v) is 1.80. The minimum atomic E-state index is -0.732. The van der Waals surface area contributed by atoms with Crippen LogP contribution >= 0.6 is 11.8 Å². The maximum absolute atomic E-state index is 11.3. The number of carbonyl (C=O) groups excluding carboxylic acids is 4. The van der Waals surface area contributed by atoms with Crippen LogP contribution in [0.25, 0.3) is 0 Å². The first-order chi connectivity index (χ1) is 7.73. The molecule has 0 spiro atoms. The molecule has 6 nitrogen and oxygen atoms in total. The summed E-state index contributed by atoms with van der Waals surface area (Å²) in [6, 6.07) is 0. The summed E-state index contributed by atoms with van der Waals surface area (Å²) in [5, 5.41) is -1.40. The van der Waals surface area contributed by atoms with Gasteiger partial charge in [-0.25, -0.2) is 0 Å². The van der Waals surface area contributed by atoms with Gasteiger partial charge in [0.2, 0.25) is 0 Å². The molecule has 0 aromatic heterocycles. The third-order valence-corrected chi connectivity index (χ3v) is 2.76. The van der Waals surface area contributed by atoms with E-state index >= 15 is 0 Å². The first kappa shape index (κ1) is 15.6. The molecule has 0 saturated carbocycles. The van der Waals surface area contributed by atoms with Gasteiger partial charge in [0.1, 0.15) is 10.5 Å². The summed E-state index contributed by atoms with van der Waals surface area (Å²) in [6.07, 6.45) is 0. The van der Waals surface area contributed by atoms with Gasteiger partial charge in [-0.1, -0.05) is 0 Å². The quantitative estimate of drug-likeness (QED) is 0.543. The Hall–Kier alpha value is -1.37. The van der Waals surface area contributed by atoms with Crippen molar-refractivity contribution in [2.24, 2.45) is 0 Å². The summed E-state index contributed by atoms with van der Waals surface area (Å²) in [5.41, 5.74) is 0. The molecular formula is C10H14O6S. The zero-order valence-electron chi connectivity index (χ0n) is 10.0. The Morgan fingerprint density at radius 3 is 1.35 bits per heavy atom. The maximum Gasteiger partial charge on any atom is 0.326 e. The minimum Gasteiger partial charge on any atom is -0.393 e. The van der Waals surface area contributed by atoms with E-state index in [0.29, 0.717) is 0 Å². The predicted octanol–water partition coefficient (Wildman–Crippen LogP) is 0.676. The first-order valence-electron chi connectivity index (χ1n) is 4.84. The lowest BCUT2D eigenvalue weighted by molar-refractivity contribution is -0.158. The van der Waals surface area contributed by atoms with Crippen LogP contribution in [0.1, 0.15) is 27.7 Å². The molecule has 0 heterocycles. The van der Waals surface area contributed by atoms with Gasteiger partial charge >= 0.3 is 23.9 Å². The van der Waals surface area contributed by atoms with Gasteiger partial charge in [-0.2, -0.15) is 0 Å². The highest BCUT2D eigenvalue weighted by molar-refractivity contribution is 8.01. The zero-order valence-corrected chi connectivity index (χ0v) is 10.8. The van der Waals surface area contributed by atoms with Gasteiger partial charge in [0.25, 0.3) is 0 Å². The number of thioether (sulfide) groups is 1. The topological polar surface area (TPSA) is 86.7 Å². The van der Waals surface area contributed by atoms with Crippen LogP contribution in [0.2, 0.25) is 0 Å². The Balaban J connectivity index is 4.23. The highest BCUT2D eigenvalue weighted by atomic mass is 32.2. The van der Waals surface area contributed by atoms with E-state index in [1.165, 1.54) is 13.8 Å². The largest absolute Gasteiger partial charge is 0.393 e. The molecule has 0 aliphatic carbocycles. The van der Waals surface area contributed by atoms with E-state index in [1.54, 1.807) is 0 Å². The predicted molar refractivity (Wildman–Crippen MR) is 60.1 cm³/mol. The molecule has 0 aromatic carbocycles. The molecule has 0 radical (unpaired) electrons. The van der Waals surface area contributed by atoms with E-state index < -0.39 is 34.4 Å². The van der Waals surface area contributed by atoms with Crippen LogP contribution < -0.4 is 0 Å². The molecule has 0 rings (SSSR count). The van der Waals surface area contributed by atoms with Gasteiger partial charge in [-0.05, 0) is 13.8 Å². The molecule has 96 valence electrons. The van der Waals surface area contributed by atoms with E-state index in [4.69, 9.17) is 0 Å². The molecule has 0 aliphatic rings. The summed E-state index contributed by atoms with van der Waals surface area (Å²) in [5.74, 6) is -2.88. The number of hydrogen-bond donors (Lipinski definition) is 0. The van der Waals surface area contributed by atoms with Crippen LogP contribution in [0.3, 0.4) is 0 Å². The Bertz CT molecular complexity index is 306. The molecule has 0 bridgehead atoms. The van der Waals surface area contributed by atoms with E-state index in [0.717, 1.165) is 25.6 Å². The van der Waals surface area contributed by atoms with Crippen molar-refractivity contribution in [2.75, 3.05) is 0 Å². The second-order valence-corrected chi connectivity index (χ2v) is 4.93. The minimum absolute atomic E-state index is 0.701. The molecule has 0 fully saturated rings. The average molecular weight is 262 g/mol. The van der Waals surface area contributed by atoms with Crippen molar-refractivity contribution >= 4 is 35.6 Å². The standard InChI is InChI=1S/C10H14O6S/c1-5(9(13)15-7(3)11)17-6(2)10(14)16-8(4)12/h5-6H,1-4H3. The molecule has 0 amide bonds. The highest BCUT2D eigenvalue weighted by Crippen LogP contribution is 2.19. The van der Waals surface area contributed by atoms with Crippen LogP contribution in [0.4, 0.5) is 0 Å². The summed E-state index contributed by atoms with van der Waals surface area (Å²) < 4.78 is 8.71. The van der Waals surface area contributed by atoms with Gasteiger partial charge < -0.3 is 9.47 Å². The van der Waals surface area contributed by atoms with Gasteiger partial charge in [0, 0.05) is 13.8 Å². The number of ether oxygens (including phenoxy) is 2. The van der Waals surface area contributed by atoms with Crippen molar-refractivity contribution in [3.05, 3.63) is 0 Å². The van der Waals surface area contributed by atoms with Crippen LogP contribution in [0, 0.1) is 0 Å². The number of esters is 4. The lowest BCUT2D eigenvalue weighted by atomic mass is 10.5. The molecule has 2 unspecified atom stereocenters. The van der Waals surface area contributed by atoms with Crippen molar-refractivity contribution in [2.45, 2.75) is 38.2 Å². The Labute approximate surface area is 103 Å². The third-order valence-electron chi connectivity index (χ3n) is 1.56. The molecule has 7 heteroatoms. The molecule has 0 N–H and O–H groups in total. The van der Waals surface area contributed by atoms with Gasteiger partial charge in [-0.3, -0.25) is 19.2 Å². The lowest BCUT2D eigenvalue weighted by Crippen LogP contribution is -2.26. The van der Waals surface area contributed by atoms with Crippen LogP contribution in [0.5, 0.6) is 0 Å². The van der Waals surface area contributed by atoms with Crippen molar-refractivity contribution in [3.8, 4) is 0 Å². The molecule has 17 heavy (non-hydrogen) atoms. The molecule has 2 atom stereocenters. The lowest BCUT2D eigenvalue weighted by Gasteiger charge is -2.13. The Morgan fingerprint density at radius 2 is 1.12 bits per heavy atom. The fourth-order valence-electron chi connectivity index (χ4n) is 0.867. The van der Waals surface area contributed by atoms with Crippen molar-refractivity contribution in [1.82, 2.24) is 0 Å². The third kappa shape index (κ3) is 6.72. The molecule has 0 aromatic rings. The number of rotatable bonds is 4. The second-order valence-electron chi connectivity index (χ2n) is 3.25. The first-order valence-corrected chi connectivity index (χ1v) is 5.78. The van der Waals surface area contributed by atoms with Crippen LogP contribution in [-0.2, 0) is 28.7 Å². The summed E-state index contributed by atoms with van der Waals surface area (Å²) >= 11 is 0.946. The molecule has 0 saturated heterocycles. The van der Waals surface area contributed by atoms with Crippen LogP contribution in [-0.4, -0.2) is 34.4 Å². The van der Waals surface area contributed by atoms with E-state index in [1.807, 2.05) is 0 Å². The average Bonchev–Trinajstić information content (AvgIpc) is 2.15. The van der Waals surface area contributed by atoms with Gasteiger partial charge in [0.05, 0.1) is 0 Å². The maximum atomic E-state index is 11.3. The van der Waals surface area contributed by atoms with Gasteiger partial charge in [-0.15, -0.1) is 11.8 Å². The Morgan fingerprint density at radius 1 is 0.824 bits per heavy atom. The monoisotopic (exact) mass is 262 g/mol. The molecule has 0 aliphatic heterocycles. The summed E-state index contributed by atoms with van der Waals surface area (Å²) in [7, 11) is 0. The highest BCUT2D eigenvalue weighted by Gasteiger charge is 2.25. The SMILES string of the molecule is CC(=O)OC(=O)C(C)SC(C)C(=O)OC(C)=O. The van der Waals surface area contributed by atoms with Crippen molar-refractivity contribution < 1.29 is 28.7 Å². The van der Waals surface area contributed by atoms with E-state index in [-0.39, 0.29) is 0 Å². The van der Waals surface area contributed by atoms with E-state index in [9.17, 15) is 19.2 Å². The van der Waals surface area contributed by atoms with Gasteiger partial charge in [0.15, 0.2) is 0 Å². The fraction of sp³-hybridized carbons (Fsp3) is 0.600. The smallest absolute Gasteiger partial charge is 0.326 e. The second kappa shape index (κ2) is 7.05. The molecular weight excluding hydrogens is 248 g/mol. The zero-order chi connectivity index (χ0) is 13.6. The van der Waals surface area contributed by atoms with Crippen molar-refractivity contribution in [3.63, 3.8) is 0 Å². The summed E-state index contributed by atoms with van der Waals surface area (Å²) in [4.78, 5) is 43.6. The number of hydrogen-bond acceptors (Lipinski definition) is 7. The summed E-state index contributed by atoms with van der Waals surface area (Å²) in [6.45, 7) is 5.21. The number of carbonyl (C=O) groups is 4. The normalized spacial score (nSPS) is 13.4. The van der Waals surface area contributed by atoms with Crippen LogP contribution in [0.15, 0.2) is 0 Å². The van der Waals surface area contributed by atoms with Crippen molar-refractivity contribution in [1.29, 1.82) is 0 Å².